The van der Waals surface area contributed by atoms with Crippen LogP contribution in [-0.2, 0) is 11.2 Å². The maximum absolute atomic E-state index is 6.13. The van der Waals surface area contributed by atoms with Gasteiger partial charge in [-0.15, -0.1) is 0 Å². The molecule has 21 heavy (non-hydrogen) atoms. The van der Waals surface area contributed by atoms with E-state index in [1.807, 2.05) is 13.2 Å². The van der Waals surface area contributed by atoms with Gasteiger partial charge in [0.15, 0.2) is 0 Å². The molecule has 1 aromatic heterocycles. The van der Waals surface area contributed by atoms with Gasteiger partial charge in [0.2, 0.25) is 0 Å². The van der Waals surface area contributed by atoms with Crippen molar-refractivity contribution in [2.24, 2.45) is 0 Å². The Hall–Kier alpha value is -1.32. The largest absolute Gasteiger partial charge is 0.459 e. The van der Waals surface area contributed by atoms with Crippen LogP contribution in [-0.4, -0.2) is 19.3 Å². The summed E-state index contributed by atoms with van der Waals surface area (Å²) in [5.41, 5.74) is 2.32. The summed E-state index contributed by atoms with van der Waals surface area (Å²) in [6.45, 7) is 4.39. The number of benzene rings is 1. The monoisotopic (exact) mass is 287 g/mol. The van der Waals surface area contributed by atoms with Gasteiger partial charge in [-0.25, -0.2) is 0 Å². The first-order valence-corrected chi connectivity index (χ1v) is 8.03. The molecule has 1 saturated carbocycles. The summed E-state index contributed by atoms with van der Waals surface area (Å²) in [6, 6.07) is 8.97. The first kappa shape index (κ1) is 14.6. The van der Waals surface area contributed by atoms with Crippen molar-refractivity contribution in [1.82, 2.24) is 5.32 Å². The number of furan rings is 1. The molecule has 0 saturated heterocycles. The summed E-state index contributed by atoms with van der Waals surface area (Å²) in [6.07, 6.45) is 4.91. The SMILES string of the molecule is CCc1c(C(C)NC2CCCC2OC)oc2ccccc12. The number of fused-ring (bicyclic) bond motifs is 1. The fourth-order valence-corrected chi connectivity index (χ4v) is 3.63. The van der Waals surface area contributed by atoms with E-state index in [2.05, 4.69) is 37.4 Å². The lowest BCUT2D eigenvalue weighted by atomic mass is 10.0. The summed E-state index contributed by atoms with van der Waals surface area (Å²) in [7, 11) is 1.81. The predicted molar refractivity (Wildman–Crippen MR) is 85.6 cm³/mol. The number of ether oxygens (including phenoxy) is 1. The number of para-hydroxylation sites is 1. The van der Waals surface area contributed by atoms with E-state index < -0.39 is 0 Å². The Morgan fingerprint density at radius 1 is 1.33 bits per heavy atom. The van der Waals surface area contributed by atoms with Crippen LogP contribution in [0.2, 0.25) is 0 Å². The average Bonchev–Trinajstić information content (AvgIpc) is 3.10. The Kier molecular flexibility index (Phi) is 4.32. The molecule has 2 aromatic rings. The zero-order valence-corrected chi connectivity index (χ0v) is 13.2. The zero-order valence-electron chi connectivity index (χ0n) is 13.2. The number of aryl methyl sites for hydroxylation is 1. The van der Waals surface area contributed by atoms with Crippen LogP contribution in [0, 0.1) is 0 Å². The molecule has 0 bridgehead atoms. The summed E-state index contributed by atoms with van der Waals surface area (Å²) >= 11 is 0. The van der Waals surface area contributed by atoms with Crippen LogP contribution in [0.15, 0.2) is 28.7 Å². The third-order valence-corrected chi connectivity index (χ3v) is 4.70. The minimum atomic E-state index is 0.216. The highest BCUT2D eigenvalue weighted by molar-refractivity contribution is 5.82. The fourth-order valence-electron chi connectivity index (χ4n) is 3.63. The van der Waals surface area contributed by atoms with E-state index in [-0.39, 0.29) is 6.04 Å². The normalized spacial score (nSPS) is 23.8. The maximum Gasteiger partial charge on any atom is 0.134 e. The number of rotatable bonds is 5. The third-order valence-electron chi connectivity index (χ3n) is 4.70. The second-order valence-electron chi connectivity index (χ2n) is 5.99. The van der Waals surface area contributed by atoms with E-state index in [1.54, 1.807) is 0 Å². The Morgan fingerprint density at radius 3 is 2.90 bits per heavy atom. The van der Waals surface area contributed by atoms with Gasteiger partial charge in [0.1, 0.15) is 11.3 Å². The van der Waals surface area contributed by atoms with Crippen molar-refractivity contribution in [2.75, 3.05) is 7.11 Å². The standard InChI is InChI=1S/C18H25NO2/c1-4-13-14-8-5-6-10-16(14)21-18(13)12(2)19-15-9-7-11-17(15)20-3/h5-6,8,10,12,15,17,19H,4,7,9,11H2,1-3H3. The Balaban J connectivity index is 1.85. The minimum Gasteiger partial charge on any atom is -0.459 e. The van der Waals surface area contributed by atoms with Crippen molar-refractivity contribution in [3.8, 4) is 0 Å². The van der Waals surface area contributed by atoms with Gasteiger partial charge in [0, 0.05) is 24.1 Å². The number of nitrogens with one attached hydrogen (secondary N) is 1. The summed E-state index contributed by atoms with van der Waals surface area (Å²) < 4.78 is 11.7. The molecule has 1 fully saturated rings. The quantitative estimate of drug-likeness (QED) is 0.894. The molecule has 1 aromatic carbocycles. The lowest BCUT2D eigenvalue weighted by Crippen LogP contribution is -2.38. The lowest BCUT2D eigenvalue weighted by molar-refractivity contribution is 0.0810. The highest BCUT2D eigenvalue weighted by Gasteiger charge is 2.29. The van der Waals surface area contributed by atoms with Crippen LogP contribution in [0.5, 0.6) is 0 Å². The van der Waals surface area contributed by atoms with Crippen LogP contribution in [0.4, 0.5) is 0 Å². The van der Waals surface area contributed by atoms with Crippen molar-refractivity contribution < 1.29 is 9.15 Å². The van der Waals surface area contributed by atoms with E-state index in [9.17, 15) is 0 Å². The zero-order chi connectivity index (χ0) is 14.8. The van der Waals surface area contributed by atoms with Crippen LogP contribution in [0.25, 0.3) is 11.0 Å². The summed E-state index contributed by atoms with van der Waals surface area (Å²) in [5, 5.41) is 4.96. The van der Waals surface area contributed by atoms with Gasteiger partial charge >= 0.3 is 0 Å². The van der Waals surface area contributed by atoms with Gasteiger partial charge < -0.3 is 14.5 Å². The molecule has 114 valence electrons. The van der Waals surface area contributed by atoms with Gasteiger partial charge in [-0.2, -0.15) is 0 Å². The smallest absolute Gasteiger partial charge is 0.134 e. The van der Waals surface area contributed by atoms with Gasteiger partial charge in [-0.3, -0.25) is 0 Å². The van der Waals surface area contributed by atoms with Crippen molar-refractivity contribution in [2.45, 2.75) is 57.7 Å². The molecular weight excluding hydrogens is 262 g/mol. The fraction of sp³-hybridized carbons (Fsp3) is 0.556. The topological polar surface area (TPSA) is 34.4 Å². The van der Waals surface area contributed by atoms with Crippen molar-refractivity contribution in [3.05, 3.63) is 35.6 Å². The molecule has 0 amide bonds. The predicted octanol–water partition coefficient (Wildman–Crippen LogP) is 4.21. The molecular formula is C18H25NO2. The van der Waals surface area contributed by atoms with Crippen LogP contribution in [0.1, 0.15) is 50.5 Å². The van der Waals surface area contributed by atoms with E-state index in [1.165, 1.54) is 23.8 Å². The molecule has 0 aliphatic heterocycles. The molecule has 3 unspecified atom stereocenters. The highest BCUT2D eigenvalue weighted by atomic mass is 16.5. The number of methoxy groups -OCH3 is 1. The Bertz CT molecular complexity index is 604. The number of hydrogen-bond donors (Lipinski definition) is 1. The first-order valence-electron chi connectivity index (χ1n) is 8.03. The molecule has 1 aliphatic carbocycles. The molecule has 0 radical (unpaired) electrons. The van der Waals surface area contributed by atoms with Crippen molar-refractivity contribution in [1.29, 1.82) is 0 Å². The first-order chi connectivity index (χ1) is 10.2. The maximum atomic E-state index is 6.13. The summed E-state index contributed by atoms with van der Waals surface area (Å²) in [4.78, 5) is 0. The van der Waals surface area contributed by atoms with Crippen molar-refractivity contribution in [3.63, 3.8) is 0 Å². The van der Waals surface area contributed by atoms with E-state index in [4.69, 9.17) is 9.15 Å². The van der Waals surface area contributed by atoms with Gasteiger partial charge in [0.05, 0.1) is 12.1 Å². The van der Waals surface area contributed by atoms with Crippen LogP contribution >= 0.6 is 0 Å². The molecule has 0 spiro atoms. The molecule has 3 heteroatoms. The summed E-state index contributed by atoms with van der Waals surface area (Å²) in [5.74, 6) is 1.08. The average molecular weight is 287 g/mol. The second-order valence-corrected chi connectivity index (χ2v) is 5.99. The third kappa shape index (κ3) is 2.72. The molecule has 1 N–H and O–H groups in total. The molecule has 3 nitrogen and oxygen atoms in total. The molecule has 1 heterocycles. The molecule has 3 rings (SSSR count). The van der Waals surface area contributed by atoms with E-state index in [0.29, 0.717) is 12.1 Å². The van der Waals surface area contributed by atoms with Gasteiger partial charge in [-0.1, -0.05) is 25.1 Å². The van der Waals surface area contributed by atoms with Crippen LogP contribution < -0.4 is 5.32 Å². The lowest BCUT2D eigenvalue weighted by Gasteiger charge is -2.23. The second kappa shape index (κ2) is 6.20. The number of hydrogen-bond acceptors (Lipinski definition) is 3. The Morgan fingerprint density at radius 2 is 2.14 bits per heavy atom. The molecule has 3 atom stereocenters. The van der Waals surface area contributed by atoms with Gasteiger partial charge in [0.25, 0.3) is 0 Å². The molecule has 1 aliphatic rings. The van der Waals surface area contributed by atoms with Gasteiger partial charge in [-0.05, 0) is 38.7 Å². The highest BCUT2D eigenvalue weighted by Crippen LogP contribution is 2.32. The minimum absolute atomic E-state index is 0.216. The van der Waals surface area contributed by atoms with Crippen LogP contribution in [0.3, 0.4) is 0 Å². The van der Waals surface area contributed by atoms with E-state index in [0.717, 1.165) is 24.2 Å². The Labute approximate surface area is 126 Å². The van der Waals surface area contributed by atoms with E-state index >= 15 is 0 Å². The van der Waals surface area contributed by atoms with Crippen molar-refractivity contribution >= 4 is 11.0 Å².